The van der Waals surface area contributed by atoms with Gasteiger partial charge in [-0.25, -0.2) is 4.39 Å². The average Bonchev–Trinajstić information content (AvgIpc) is 2.48. The molecule has 1 aromatic carbocycles. The minimum Gasteiger partial charge on any atom is -0.372 e. The van der Waals surface area contributed by atoms with Gasteiger partial charge in [0, 0.05) is 11.6 Å². The summed E-state index contributed by atoms with van der Waals surface area (Å²) in [6.45, 7) is 5.70. The molecule has 20 heavy (non-hydrogen) atoms. The van der Waals surface area contributed by atoms with E-state index in [-0.39, 0.29) is 11.9 Å². The van der Waals surface area contributed by atoms with Crippen molar-refractivity contribution in [2.45, 2.75) is 58.3 Å². The van der Waals surface area contributed by atoms with Crippen molar-refractivity contribution in [3.63, 3.8) is 0 Å². The van der Waals surface area contributed by atoms with E-state index >= 15 is 0 Å². The fourth-order valence-corrected chi connectivity index (χ4v) is 3.07. The molecule has 0 radical (unpaired) electrons. The second-order valence-electron chi connectivity index (χ2n) is 5.69. The van der Waals surface area contributed by atoms with Crippen LogP contribution in [0.1, 0.15) is 45.1 Å². The molecule has 0 aromatic heterocycles. The van der Waals surface area contributed by atoms with E-state index in [1.807, 2.05) is 6.07 Å². The molecule has 0 spiro atoms. The number of hydrogen-bond donors (Lipinski definition) is 1. The number of benzene rings is 1. The van der Waals surface area contributed by atoms with Gasteiger partial charge in [-0.05, 0) is 37.8 Å². The predicted molar refractivity (Wildman–Crippen MR) is 80.1 cm³/mol. The van der Waals surface area contributed by atoms with Crippen LogP contribution in [-0.2, 0) is 11.3 Å². The molecule has 1 saturated carbocycles. The summed E-state index contributed by atoms with van der Waals surface area (Å²) in [4.78, 5) is 0. The van der Waals surface area contributed by atoms with Crippen LogP contribution in [-0.4, -0.2) is 18.7 Å². The zero-order valence-electron chi connectivity index (χ0n) is 12.6. The van der Waals surface area contributed by atoms with Crippen molar-refractivity contribution < 1.29 is 9.13 Å². The molecule has 3 unspecified atom stereocenters. The Labute approximate surface area is 121 Å². The van der Waals surface area contributed by atoms with Gasteiger partial charge in [-0.2, -0.15) is 0 Å². The Balaban J connectivity index is 1.95. The highest BCUT2D eigenvalue weighted by Gasteiger charge is 2.29. The quantitative estimate of drug-likeness (QED) is 0.852. The summed E-state index contributed by atoms with van der Waals surface area (Å²) in [7, 11) is 0. The van der Waals surface area contributed by atoms with E-state index in [1.165, 1.54) is 18.9 Å². The Kier molecular flexibility index (Phi) is 5.99. The third-order valence-electron chi connectivity index (χ3n) is 4.35. The van der Waals surface area contributed by atoms with Gasteiger partial charge in [0.05, 0.1) is 12.7 Å². The molecule has 0 heterocycles. The second kappa shape index (κ2) is 7.75. The highest BCUT2D eigenvalue weighted by Crippen LogP contribution is 2.29. The molecule has 112 valence electrons. The second-order valence-corrected chi connectivity index (χ2v) is 5.69. The van der Waals surface area contributed by atoms with E-state index in [1.54, 1.807) is 12.1 Å². The van der Waals surface area contributed by atoms with E-state index in [9.17, 15) is 4.39 Å². The van der Waals surface area contributed by atoms with Gasteiger partial charge in [-0.3, -0.25) is 0 Å². The topological polar surface area (TPSA) is 21.3 Å². The van der Waals surface area contributed by atoms with Crippen LogP contribution in [0.4, 0.5) is 4.39 Å². The van der Waals surface area contributed by atoms with Crippen LogP contribution in [0.25, 0.3) is 0 Å². The van der Waals surface area contributed by atoms with Crippen molar-refractivity contribution in [2.75, 3.05) is 6.54 Å². The zero-order chi connectivity index (χ0) is 14.4. The highest BCUT2D eigenvalue weighted by atomic mass is 19.1. The van der Waals surface area contributed by atoms with Gasteiger partial charge in [0.25, 0.3) is 0 Å². The van der Waals surface area contributed by atoms with Crippen LogP contribution in [0, 0.1) is 11.7 Å². The Morgan fingerprint density at radius 1 is 1.25 bits per heavy atom. The van der Waals surface area contributed by atoms with Crippen LogP contribution in [0.5, 0.6) is 0 Å². The van der Waals surface area contributed by atoms with Crippen LogP contribution < -0.4 is 5.32 Å². The molecule has 2 nitrogen and oxygen atoms in total. The molecule has 3 atom stereocenters. The smallest absolute Gasteiger partial charge is 0.128 e. The first kappa shape index (κ1) is 15.5. The summed E-state index contributed by atoms with van der Waals surface area (Å²) in [6, 6.07) is 7.29. The molecule has 1 N–H and O–H groups in total. The van der Waals surface area contributed by atoms with E-state index in [4.69, 9.17) is 4.74 Å². The van der Waals surface area contributed by atoms with Crippen molar-refractivity contribution in [3.05, 3.63) is 35.6 Å². The van der Waals surface area contributed by atoms with Crippen LogP contribution in [0.2, 0.25) is 0 Å². The summed E-state index contributed by atoms with van der Waals surface area (Å²) in [5.41, 5.74) is 0.654. The number of likely N-dealkylation sites (N-methyl/N-ethyl adjacent to an activating group) is 1. The maximum atomic E-state index is 13.6. The fourth-order valence-electron chi connectivity index (χ4n) is 3.07. The number of halogens is 1. The van der Waals surface area contributed by atoms with Crippen molar-refractivity contribution in [1.29, 1.82) is 0 Å². The molecule has 0 bridgehead atoms. The molecule has 0 saturated heterocycles. The number of nitrogens with one attached hydrogen (secondary N) is 1. The predicted octanol–water partition coefficient (Wildman–Crippen LogP) is 3.90. The third kappa shape index (κ3) is 4.03. The third-order valence-corrected chi connectivity index (χ3v) is 4.35. The summed E-state index contributed by atoms with van der Waals surface area (Å²) in [5, 5.41) is 3.51. The SMILES string of the molecule is CCNC1CCC(CC)CC1OCc1ccccc1F. The van der Waals surface area contributed by atoms with Crippen molar-refractivity contribution in [1.82, 2.24) is 5.32 Å². The van der Waals surface area contributed by atoms with Crippen LogP contribution in [0.15, 0.2) is 24.3 Å². The number of hydrogen-bond acceptors (Lipinski definition) is 2. The first-order valence-corrected chi connectivity index (χ1v) is 7.83. The molecular formula is C17H26FNO. The van der Waals surface area contributed by atoms with Gasteiger partial charge in [-0.15, -0.1) is 0 Å². The Hall–Kier alpha value is -0.930. The first-order chi connectivity index (χ1) is 9.74. The van der Waals surface area contributed by atoms with E-state index in [0.717, 1.165) is 25.3 Å². The van der Waals surface area contributed by atoms with Gasteiger partial charge in [-0.1, -0.05) is 38.5 Å². The van der Waals surface area contributed by atoms with Gasteiger partial charge in [0.2, 0.25) is 0 Å². The minimum absolute atomic E-state index is 0.171. The van der Waals surface area contributed by atoms with E-state index < -0.39 is 0 Å². The van der Waals surface area contributed by atoms with Crippen molar-refractivity contribution in [3.8, 4) is 0 Å². The molecule has 0 amide bonds. The molecule has 1 aromatic rings. The largest absolute Gasteiger partial charge is 0.372 e. The fraction of sp³-hybridized carbons (Fsp3) is 0.647. The number of rotatable bonds is 6. The monoisotopic (exact) mass is 279 g/mol. The lowest BCUT2D eigenvalue weighted by atomic mass is 9.82. The molecule has 0 aliphatic heterocycles. The Bertz CT molecular complexity index is 410. The molecule has 1 aliphatic carbocycles. The van der Waals surface area contributed by atoms with Gasteiger partial charge >= 0.3 is 0 Å². The maximum absolute atomic E-state index is 13.6. The van der Waals surface area contributed by atoms with E-state index in [2.05, 4.69) is 19.2 Å². The molecule has 1 aliphatic rings. The van der Waals surface area contributed by atoms with Gasteiger partial charge in [0.15, 0.2) is 0 Å². The van der Waals surface area contributed by atoms with Gasteiger partial charge in [0.1, 0.15) is 5.82 Å². The lowest BCUT2D eigenvalue weighted by Gasteiger charge is -2.36. The number of ether oxygens (including phenoxy) is 1. The maximum Gasteiger partial charge on any atom is 0.128 e. The van der Waals surface area contributed by atoms with Gasteiger partial charge < -0.3 is 10.1 Å². The molecule has 2 rings (SSSR count). The standard InChI is InChI=1S/C17H26FNO/c1-3-13-9-10-16(19-4-2)17(11-13)20-12-14-7-5-6-8-15(14)18/h5-8,13,16-17,19H,3-4,9-12H2,1-2H3. The molecule has 3 heteroatoms. The summed E-state index contributed by atoms with van der Waals surface area (Å²) in [5.74, 6) is 0.575. The lowest BCUT2D eigenvalue weighted by molar-refractivity contribution is -0.0208. The summed E-state index contributed by atoms with van der Waals surface area (Å²) in [6.07, 6.45) is 4.93. The Morgan fingerprint density at radius 3 is 2.75 bits per heavy atom. The normalized spacial score (nSPS) is 26.6. The first-order valence-electron chi connectivity index (χ1n) is 7.83. The lowest BCUT2D eigenvalue weighted by Crippen LogP contribution is -2.45. The van der Waals surface area contributed by atoms with Crippen LogP contribution >= 0.6 is 0 Å². The summed E-state index contributed by atoms with van der Waals surface area (Å²) < 4.78 is 19.7. The highest BCUT2D eigenvalue weighted by molar-refractivity contribution is 5.16. The molecular weight excluding hydrogens is 253 g/mol. The zero-order valence-corrected chi connectivity index (χ0v) is 12.6. The van der Waals surface area contributed by atoms with Crippen LogP contribution in [0.3, 0.4) is 0 Å². The minimum atomic E-state index is -0.171. The van der Waals surface area contributed by atoms with Crippen molar-refractivity contribution >= 4 is 0 Å². The average molecular weight is 279 g/mol. The van der Waals surface area contributed by atoms with E-state index in [0.29, 0.717) is 18.2 Å². The van der Waals surface area contributed by atoms with Crippen molar-refractivity contribution in [2.24, 2.45) is 5.92 Å². The summed E-state index contributed by atoms with van der Waals surface area (Å²) >= 11 is 0. The molecule has 1 fully saturated rings. The Morgan fingerprint density at radius 2 is 2.05 bits per heavy atom.